The van der Waals surface area contributed by atoms with Gasteiger partial charge in [-0.25, -0.2) is 4.39 Å². The van der Waals surface area contributed by atoms with Crippen LogP contribution in [0.5, 0.6) is 0 Å². The topological polar surface area (TPSA) is 12.0 Å². The van der Waals surface area contributed by atoms with Crippen LogP contribution >= 0.6 is 11.3 Å². The second-order valence-corrected chi connectivity index (χ2v) is 6.24. The standard InChI is InChI=1S/C18H18FNS/c1-12-7-8-15(16(19)9-12)17(20-2)10-13-11-21-18-6-4-3-5-14(13)18/h3-9,11,17,20H,10H2,1-2H3. The Balaban J connectivity index is 1.94. The van der Waals surface area contributed by atoms with Crippen LogP contribution in [-0.4, -0.2) is 7.05 Å². The van der Waals surface area contributed by atoms with Gasteiger partial charge < -0.3 is 5.32 Å². The van der Waals surface area contributed by atoms with Crippen LogP contribution in [0, 0.1) is 12.7 Å². The number of hydrogen-bond donors (Lipinski definition) is 1. The minimum absolute atomic E-state index is 0.0105. The molecule has 0 aliphatic rings. The molecule has 0 fully saturated rings. The summed E-state index contributed by atoms with van der Waals surface area (Å²) in [7, 11) is 1.89. The molecule has 1 nitrogen and oxygen atoms in total. The van der Waals surface area contributed by atoms with Gasteiger partial charge >= 0.3 is 0 Å². The van der Waals surface area contributed by atoms with Crippen LogP contribution in [0.3, 0.4) is 0 Å². The van der Waals surface area contributed by atoms with E-state index in [9.17, 15) is 4.39 Å². The average molecular weight is 299 g/mol. The molecule has 0 saturated heterocycles. The summed E-state index contributed by atoms with van der Waals surface area (Å²) in [4.78, 5) is 0. The summed E-state index contributed by atoms with van der Waals surface area (Å²) in [5, 5.41) is 6.70. The highest BCUT2D eigenvalue weighted by molar-refractivity contribution is 7.17. The summed E-state index contributed by atoms with van der Waals surface area (Å²) in [5.74, 6) is -0.131. The van der Waals surface area contributed by atoms with Crippen LogP contribution in [0.2, 0.25) is 0 Å². The SMILES string of the molecule is CNC(Cc1csc2ccccc12)c1ccc(C)cc1F. The van der Waals surface area contributed by atoms with Gasteiger partial charge in [-0.15, -0.1) is 11.3 Å². The van der Waals surface area contributed by atoms with Crippen LogP contribution in [0.1, 0.15) is 22.7 Å². The molecule has 0 spiro atoms. The minimum Gasteiger partial charge on any atom is -0.313 e. The molecule has 0 bridgehead atoms. The Kier molecular flexibility index (Phi) is 4.04. The fourth-order valence-corrected chi connectivity index (χ4v) is 3.67. The van der Waals surface area contributed by atoms with Crippen molar-refractivity contribution in [2.45, 2.75) is 19.4 Å². The van der Waals surface area contributed by atoms with E-state index in [1.54, 1.807) is 17.4 Å². The van der Waals surface area contributed by atoms with Gasteiger partial charge in [-0.05, 0) is 54.4 Å². The third kappa shape index (κ3) is 2.85. The van der Waals surface area contributed by atoms with E-state index in [2.05, 4.69) is 35.0 Å². The molecule has 3 aromatic rings. The number of fused-ring (bicyclic) bond motifs is 1. The molecule has 3 rings (SSSR count). The first-order chi connectivity index (χ1) is 10.2. The molecule has 0 saturated carbocycles. The van der Waals surface area contributed by atoms with E-state index in [4.69, 9.17) is 0 Å². The number of benzene rings is 2. The van der Waals surface area contributed by atoms with Gasteiger partial charge in [0.1, 0.15) is 5.82 Å². The molecule has 1 unspecified atom stereocenters. The molecule has 1 heterocycles. The number of thiophene rings is 1. The Labute approximate surface area is 128 Å². The molecule has 0 aliphatic heterocycles. The summed E-state index contributed by atoms with van der Waals surface area (Å²) >= 11 is 1.75. The van der Waals surface area contributed by atoms with Crippen LogP contribution in [0.25, 0.3) is 10.1 Å². The van der Waals surface area contributed by atoms with Crippen molar-refractivity contribution in [1.29, 1.82) is 0 Å². The van der Waals surface area contributed by atoms with Gasteiger partial charge in [0.2, 0.25) is 0 Å². The monoisotopic (exact) mass is 299 g/mol. The summed E-state index contributed by atoms with van der Waals surface area (Å²) in [6.45, 7) is 1.91. The third-order valence-electron chi connectivity index (χ3n) is 3.87. The van der Waals surface area contributed by atoms with E-state index in [0.29, 0.717) is 0 Å². The second kappa shape index (κ2) is 5.96. The van der Waals surface area contributed by atoms with Crippen molar-refractivity contribution in [3.63, 3.8) is 0 Å². The summed E-state index contributed by atoms with van der Waals surface area (Å²) in [6, 6.07) is 13.8. The zero-order valence-corrected chi connectivity index (χ0v) is 13.0. The summed E-state index contributed by atoms with van der Waals surface area (Å²) in [6.07, 6.45) is 0.792. The Morgan fingerprint density at radius 1 is 1.19 bits per heavy atom. The van der Waals surface area contributed by atoms with E-state index in [1.807, 2.05) is 26.1 Å². The number of aryl methyl sites for hydroxylation is 1. The van der Waals surface area contributed by atoms with Gasteiger partial charge in [0, 0.05) is 16.3 Å². The molecule has 108 valence electrons. The van der Waals surface area contributed by atoms with Gasteiger partial charge in [-0.3, -0.25) is 0 Å². The molecule has 1 aromatic heterocycles. The van der Waals surface area contributed by atoms with Gasteiger partial charge in [0.15, 0.2) is 0 Å². The van der Waals surface area contributed by atoms with Gasteiger partial charge in [0.25, 0.3) is 0 Å². The summed E-state index contributed by atoms with van der Waals surface area (Å²) < 4.78 is 15.5. The van der Waals surface area contributed by atoms with Gasteiger partial charge in [0.05, 0.1) is 0 Å². The molecule has 0 radical (unpaired) electrons. The maximum absolute atomic E-state index is 14.2. The Hall–Kier alpha value is -1.71. The van der Waals surface area contributed by atoms with Crippen molar-refractivity contribution in [3.8, 4) is 0 Å². The lowest BCUT2D eigenvalue weighted by Gasteiger charge is -2.17. The lowest BCUT2D eigenvalue weighted by Crippen LogP contribution is -2.20. The zero-order chi connectivity index (χ0) is 14.8. The van der Waals surface area contributed by atoms with E-state index < -0.39 is 0 Å². The highest BCUT2D eigenvalue weighted by atomic mass is 32.1. The highest BCUT2D eigenvalue weighted by Crippen LogP contribution is 2.30. The van der Waals surface area contributed by atoms with E-state index in [-0.39, 0.29) is 11.9 Å². The second-order valence-electron chi connectivity index (χ2n) is 5.33. The average Bonchev–Trinajstić information content (AvgIpc) is 2.89. The van der Waals surface area contributed by atoms with E-state index in [1.165, 1.54) is 15.6 Å². The Morgan fingerprint density at radius 2 is 2.00 bits per heavy atom. The summed E-state index contributed by atoms with van der Waals surface area (Å²) in [5.41, 5.74) is 2.96. The van der Waals surface area contributed by atoms with Gasteiger partial charge in [-0.1, -0.05) is 30.3 Å². The fourth-order valence-electron chi connectivity index (χ4n) is 2.69. The molecule has 0 aliphatic carbocycles. The van der Waals surface area contributed by atoms with Crippen LogP contribution in [0.15, 0.2) is 47.8 Å². The van der Waals surface area contributed by atoms with Crippen LogP contribution < -0.4 is 5.32 Å². The lowest BCUT2D eigenvalue weighted by molar-refractivity contribution is 0.534. The van der Waals surface area contributed by atoms with Crippen molar-refractivity contribution in [1.82, 2.24) is 5.32 Å². The number of rotatable bonds is 4. The molecular weight excluding hydrogens is 281 g/mol. The first kappa shape index (κ1) is 14.2. The third-order valence-corrected chi connectivity index (χ3v) is 4.88. The number of nitrogens with one attached hydrogen (secondary N) is 1. The predicted octanol–water partition coefficient (Wildman–Crippen LogP) is 4.85. The molecule has 0 amide bonds. The molecule has 1 N–H and O–H groups in total. The Morgan fingerprint density at radius 3 is 2.76 bits per heavy atom. The van der Waals surface area contributed by atoms with Crippen molar-refractivity contribution in [2.75, 3.05) is 7.05 Å². The van der Waals surface area contributed by atoms with Crippen molar-refractivity contribution < 1.29 is 4.39 Å². The van der Waals surface area contributed by atoms with Crippen molar-refractivity contribution in [2.24, 2.45) is 0 Å². The number of likely N-dealkylation sites (N-methyl/N-ethyl adjacent to an activating group) is 1. The molecular formula is C18H18FNS. The normalized spacial score (nSPS) is 12.7. The lowest BCUT2D eigenvalue weighted by atomic mass is 9.97. The number of hydrogen-bond acceptors (Lipinski definition) is 2. The van der Waals surface area contributed by atoms with Crippen molar-refractivity contribution >= 4 is 21.4 Å². The highest BCUT2D eigenvalue weighted by Gasteiger charge is 2.16. The first-order valence-electron chi connectivity index (χ1n) is 7.07. The quantitative estimate of drug-likeness (QED) is 0.726. The molecule has 2 aromatic carbocycles. The zero-order valence-electron chi connectivity index (χ0n) is 12.2. The largest absolute Gasteiger partial charge is 0.313 e. The van der Waals surface area contributed by atoms with E-state index in [0.717, 1.165) is 17.5 Å². The fraction of sp³-hybridized carbons (Fsp3) is 0.222. The maximum Gasteiger partial charge on any atom is 0.128 e. The smallest absolute Gasteiger partial charge is 0.128 e. The maximum atomic E-state index is 14.2. The predicted molar refractivity (Wildman–Crippen MR) is 88.5 cm³/mol. The van der Waals surface area contributed by atoms with Crippen LogP contribution in [-0.2, 0) is 6.42 Å². The molecule has 3 heteroatoms. The van der Waals surface area contributed by atoms with E-state index >= 15 is 0 Å². The molecule has 1 atom stereocenters. The van der Waals surface area contributed by atoms with Crippen LogP contribution in [0.4, 0.5) is 4.39 Å². The Bertz CT molecular complexity index is 763. The molecule has 21 heavy (non-hydrogen) atoms. The minimum atomic E-state index is -0.131. The number of halogens is 1. The first-order valence-corrected chi connectivity index (χ1v) is 7.95. The van der Waals surface area contributed by atoms with Gasteiger partial charge in [-0.2, -0.15) is 0 Å². The van der Waals surface area contributed by atoms with Crippen molar-refractivity contribution in [3.05, 3.63) is 70.4 Å².